The monoisotopic (exact) mass is 257 g/mol. The number of carbonyl (C=O) groups is 1. The minimum atomic E-state index is 0.0372. The summed E-state index contributed by atoms with van der Waals surface area (Å²) >= 11 is 4.00. The third kappa shape index (κ3) is 2.61. The number of thiol groups is 1. The largest absolute Gasteiger partial charge is 0.375 e. The summed E-state index contributed by atoms with van der Waals surface area (Å²) in [5.41, 5.74) is 0. The van der Waals surface area contributed by atoms with Crippen molar-refractivity contribution in [2.45, 2.75) is 37.5 Å². The van der Waals surface area contributed by atoms with Gasteiger partial charge in [-0.15, -0.1) is 0 Å². The predicted octanol–water partition coefficient (Wildman–Crippen LogP) is 0.615. The average molecular weight is 257 g/mol. The fourth-order valence-electron chi connectivity index (χ4n) is 3.29. The van der Waals surface area contributed by atoms with Crippen molar-refractivity contribution in [2.24, 2.45) is 11.8 Å². The molecule has 1 saturated heterocycles. The molecule has 3 rings (SSSR count). The van der Waals surface area contributed by atoms with Crippen LogP contribution in [-0.2, 0) is 14.3 Å². The van der Waals surface area contributed by atoms with Crippen molar-refractivity contribution in [1.29, 1.82) is 0 Å². The zero-order valence-electron chi connectivity index (χ0n) is 9.80. The van der Waals surface area contributed by atoms with Gasteiger partial charge in [0.2, 0.25) is 5.91 Å². The summed E-state index contributed by atoms with van der Waals surface area (Å²) in [6.45, 7) is 1.57. The Morgan fingerprint density at radius 3 is 2.88 bits per heavy atom. The summed E-state index contributed by atoms with van der Waals surface area (Å²) in [7, 11) is 0. The molecular formula is C12H19NO3S. The molecule has 1 heterocycles. The van der Waals surface area contributed by atoms with E-state index in [2.05, 4.69) is 17.9 Å². The number of hydrogen-bond donors (Lipinski definition) is 2. The van der Waals surface area contributed by atoms with E-state index in [1.165, 1.54) is 6.42 Å². The first kappa shape index (κ1) is 11.8. The Morgan fingerprint density at radius 2 is 2.24 bits per heavy atom. The second-order valence-electron chi connectivity index (χ2n) is 5.40. The Bertz CT molecular complexity index is 308. The minimum absolute atomic E-state index is 0.0372. The SMILES string of the molecule is O=C(CS)NC1CC2CC(OCC3CO3)C1C2. The van der Waals surface area contributed by atoms with Crippen LogP contribution in [0.5, 0.6) is 0 Å². The Kier molecular flexibility index (Phi) is 3.32. The third-order valence-corrected chi connectivity index (χ3v) is 4.43. The first-order chi connectivity index (χ1) is 8.26. The number of fused-ring (bicyclic) bond motifs is 2. The highest BCUT2D eigenvalue weighted by Crippen LogP contribution is 2.46. The Balaban J connectivity index is 1.52. The average Bonchev–Trinajstić information content (AvgIpc) is 2.97. The fraction of sp³-hybridized carbons (Fsp3) is 0.917. The van der Waals surface area contributed by atoms with Crippen molar-refractivity contribution in [1.82, 2.24) is 5.32 Å². The quantitative estimate of drug-likeness (QED) is 0.560. The number of carbonyl (C=O) groups excluding carboxylic acids is 1. The van der Waals surface area contributed by atoms with Gasteiger partial charge in [0.05, 0.1) is 25.1 Å². The van der Waals surface area contributed by atoms with Gasteiger partial charge in [-0.3, -0.25) is 4.79 Å². The van der Waals surface area contributed by atoms with Crippen LogP contribution in [0.2, 0.25) is 0 Å². The predicted molar refractivity (Wildman–Crippen MR) is 66.1 cm³/mol. The molecule has 3 fully saturated rings. The van der Waals surface area contributed by atoms with Gasteiger partial charge in [0, 0.05) is 12.0 Å². The zero-order valence-corrected chi connectivity index (χ0v) is 10.7. The molecule has 0 aromatic rings. The van der Waals surface area contributed by atoms with E-state index < -0.39 is 0 Å². The molecule has 0 aromatic heterocycles. The lowest BCUT2D eigenvalue weighted by molar-refractivity contribution is -0.120. The van der Waals surface area contributed by atoms with E-state index in [0.717, 1.165) is 32.0 Å². The smallest absolute Gasteiger partial charge is 0.229 e. The zero-order chi connectivity index (χ0) is 11.8. The minimum Gasteiger partial charge on any atom is -0.375 e. The van der Waals surface area contributed by atoms with E-state index in [1.54, 1.807) is 0 Å². The molecular weight excluding hydrogens is 238 g/mol. The van der Waals surface area contributed by atoms with Gasteiger partial charge in [-0.05, 0) is 25.2 Å². The lowest BCUT2D eigenvalue weighted by Crippen LogP contribution is -2.44. The molecule has 0 radical (unpaired) electrons. The third-order valence-electron chi connectivity index (χ3n) is 4.14. The summed E-state index contributed by atoms with van der Waals surface area (Å²) in [6, 6.07) is 0.304. The maximum absolute atomic E-state index is 11.4. The summed E-state index contributed by atoms with van der Waals surface area (Å²) in [4.78, 5) is 11.4. The van der Waals surface area contributed by atoms with Crippen molar-refractivity contribution in [3.05, 3.63) is 0 Å². The summed E-state index contributed by atoms with van der Waals surface area (Å²) in [6.07, 6.45) is 4.13. The maximum atomic E-state index is 11.4. The number of nitrogens with one attached hydrogen (secondary N) is 1. The molecule has 17 heavy (non-hydrogen) atoms. The molecule has 5 atom stereocenters. The van der Waals surface area contributed by atoms with Crippen molar-refractivity contribution in [3.8, 4) is 0 Å². The van der Waals surface area contributed by atoms with Gasteiger partial charge in [-0.2, -0.15) is 12.6 Å². The molecule has 0 spiro atoms. The van der Waals surface area contributed by atoms with Crippen molar-refractivity contribution < 1.29 is 14.3 Å². The standard InChI is InChI=1S/C12H19NO3S/c14-12(6-17)13-10-2-7-1-9(10)11(3-7)16-5-8-4-15-8/h7-11,17H,1-6H2,(H,13,14). The van der Waals surface area contributed by atoms with Crippen LogP contribution >= 0.6 is 12.6 Å². The van der Waals surface area contributed by atoms with Crippen LogP contribution in [0.15, 0.2) is 0 Å². The van der Waals surface area contributed by atoms with E-state index in [4.69, 9.17) is 9.47 Å². The van der Waals surface area contributed by atoms with Gasteiger partial charge >= 0.3 is 0 Å². The van der Waals surface area contributed by atoms with E-state index >= 15 is 0 Å². The number of rotatable bonds is 5. The molecule has 2 aliphatic carbocycles. The molecule has 1 aliphatic heterocycles. The molecule has 5 heteroatoms. The van der Waals surface area contributed by atoms with Crippen LogP contribution < -0.4 is 5.32 Å². The van der Waals surface area contributed by atoms with Crippen molar-refractivity contribution in [2.75, 3.05) is 19.0 Å². The number of amides is 1. The number of hydrogen-bond acceptors (Lipinski definition) is 4. The Morgan fingerprint density at radius 1 is 1.41 bits per heavy atom. The lowest BCUT2D eigenvalue weighted by atomic mass is 9.92. The Labute approximate surface area is 107 Å². The van der Waals surface area contributed by atoms with Gasteiger partial charge in [0.15, 0.2) is 0 Å². The van der Waals surface area contributed by atoms with E-state index in [1.807, 2.05) is 0 Å². The number of epoxide rings is 1. The number of ether oxygens (including phenoxy) is 2. The van der Waals surface area contributed by atoms with E-state index in [0.29, 0.717) is 24.2 Å². The first-order valence-electron chi connectivity index (χ1n) is 6.39. The second-order valence-corrected chi connectivity index (χ2v) is 5.71. The van der Waals surface area contributed by atoms with Crippen molar-refractivity contribution >= 4 is 18.5 Å². The summed E-state index contributed by atoms with van der Waals surface area (Å²) in [5.74, 6) is 1.54. The molecule has 4 nitrogen and oxygen atoms in total. The highest BCUT2D eigenvalue weighted by Gasteiger charge is 2.47. The van der Waals surface area contributed by atoms with Gasteiger partial charge in [0.25, 0.3) is 0 Å². The fourth-order valence-corrected chi connectivity index (χ4v) is 3.38. The van der Waals surface area contributed by atoms with E-state index in [9.17, 15) is 4.79 Å². The van der Waals surface area contributed by atoms with Crippen molar-refractivity contribution in [3.63, 3.8) is 0 Å². The summed E-state index contributed by atoms with van der Waals surface area (Å²) in [5, 5.41) is 3.07. The highest BCUT2D eigenvalue weighted by atomic mass is 32.1. The highest BCUT2D eigenvalue weighted by molar-refractivity contribution is 7.81. The molecule has 2 bridgehead atoms. The van der Waals surface area contributed by atoms with Gasteiger partial charge < -0.3 is 14.8 Å². The van der Waals surface area contributed by atoms with Crippen LogP contribution in [0.3, 0.4) is 0 Å². The van der Waals surface area contributed by atoms with Gasteiger partial charge in [-0.25, -0.2) is 0 Å². The van der Waals surface area contributed by atoms with Crippen LogP contribution in [0.1, 0.15) is 19.3 Å². The van der Waals surface area contributed by atoms with E-state index in [-0.39, 0.29) is 11.7 Å². The van der Waals surface area contributed by atoms with Crippen LogP contribution in [-0.4, -0.2) is 43.1 Å². The topological polar surface area (TPSA) is 50.9 Å². The molecule has 5 unspecified atom stereocenters. The molecule has 0 aromatic carbocycles. The molecule has 2 saturated carbocycles. The van der Waals surface area contributed by atoms with Crippen LogP contribution in [0, 0.1) is 11.8 Å². The van der Waals surface area contributed by atoms with Gasteiger partial charge in [-0.1, -0.05) is 0 Å². The second kappa shape index (κ2) is 4.78. The maximum Gasteiger partial charge on any atom is 0.229 e. The van der Waals surface area contributed by atoms with Gasteiger partial charge in [0.1, 0.15) is 6.10 Å². The molecule has 1 amide bonds. The van der Waals surface area contributed by atoms with Crippen LogP contribution in [0.4, 0.5) is 0 Å². The molecule has 3 aliphatic rings. The first-order valence-corrected chi connectivity index (χ1v) is 7.03. The van der Waals surface area contributed by atoms with Crippen LogP contribution in [0.25, 0.3) is 0 Å². The molecule has 96 valence electrons. The lowest BCUT2D eigenvalue weighted by Gasteiger charge is -2.30. The Hall–Kier alpha value is -0.260. The summed E-state index contributed by atoms with van der Waals surface area (Å²) < 4.78 is 11.1. The normalized spacial score (nSPS) is 42.8. The molecule has 1 N–H and O–H groups in total.